The van der Waals surface area contributed by atoms with Crippen molar-refractivity contribution in [2.45, 2.75) is 13.0 Å². The Morgan fingerprint density at radius 3 is 2.48 bits per heavy atom. The van der Waals surface area contributed by atoms with E-state index in [9.17, 15) is 4.79 Å². The molecule has 5 nitrogen and oxygen atoms in total. The van der Waals surface area contributed by atoms with Crippen LogP contribution in [0.5, 0.6) is 5.75 Å². The number of ether oxygens (including phenoxy) is 1. The summed E-state index contributed by atoms with van der Waals surface area (Å²) in [4.78, 5) is 15.2. The smallest absolute Gasteiger partial charge is 0.320 e. The number of rotatable bonds is 6. The highest BCUT2D eigenvalue weighted by atomic mass is 35.5. The van der Waals surface area contributed by atoms with Gasteiger partial charge in [-0.05, 0) is 31.2 Å². The molecular formula is C15H21ClN2O3. The van der Waals surface area contributed by atoms with Gasteiger partial charge in [-0.1, -0.05) is 11.6 Å². The molecule has 0 bridgehead atoms. The molecule has 0 aliphatic carbocycles. The molecule has 1 heterocycles. The van der Waals surface area contributed by atoms with Crippen LogP contribution in [0.3, 0.4) is 0 Å². The summed E-state index contributed by atoms with van der Waals surface area (Å²) in [6, 6.07) is 6.92. The summed E-state index contributed by atoms with van der Waals surface area (Å²) in [5.41, 5.74) is 0. The first-order valence-electron chi connectivity index (χ1n) is 7.14. The van der Waals surface area contributed by atoms with E-state index in [1.165, 1.54) is 0 Å². The molecule has 0 aromatic heterocycles. The Balaban J connectivity index is 1.67. The van der Waals surface area contributed by atoms with Gasteiger partial charge in [0.1, 0.15) is 18.4 Å². The fourth-order valence-electron chi connectivity index (χ4n) is 2.35. The topological polar surface area (TPSA) is 53.0 Å². The van der Waals surface area contributed by atoms with Crippen LogP contribution in [0, 0.1) is 0 Å². The Bertz CT molecular complexity index is 458. The highest BCUT2D eigenvalue weighted by Gasteiger charge is 2.24. The van der Waals surface area contributed by atoms with Crippen molar-refractivity contribution in [1.29, 1.82) is 0 Å². The normalized spacial score (nSPS) is 18.4. The van der Waals surface area contributed by atoms with E-state index >= 15 is 0 Å². The van der Waals surface area contributed by atoms with Crippen molar-refractivity contribution in [2.75, 3.05) is 39.3 Å². The van der Waals surface area contributed by atoms with Crippen LogP contribution in [0.15, 0.2) is 24.3 Å². The van der Waals surface area contributed by atoms with Crippen LogP contribution in [0.4, 0.5) is 0 Å². The second-order valence-electron chi connectivity index (χ2n) is 5.19. The third-order valence-electron chi connectivity index (χ3n) is 3.80. The van der Waals surface area contributed by atoms with Gasteiger partial charge in [-0.3, -0.25) is 14.6 Å². The lowest BCUT2D eigenvalue weighted by Gasteiger charge is -2.36. The van der Waals surface area contributed by atoms with Gasteiger partial charge in [0.15, 0.2) is 0 Å². The van der Waals surface area contributed by atoms with E-state index in [2.05, 4.69) is 4.90 Å². The predicted molar refractivity (Wildman–Crippen MR) is 82.1 cm³/mol. The molecule has 6 heteroatoms. The summed E-state index contributed by atoms with van der Waals surface area (Å²) in [5, 5.41) is 9.70. The Hall–Kier alpha value is -1.30. The van der Waals surface area contributed by atoms with Gasteiger partial charge in [-0.15, -0.1) is 0 Å². The van der Waals surface area contributed by atoms with Gasteiger partial charge < -0.3 is 9.84 Å². The summed E-state index contributed by atoms with van der Waals surface area (Å²) in [6.07, 6.45) is 0. The molecular weight excluding hydrogens is 292 g/mol. The second kappa shape index (κ2) is 7.64. The highest BCUT2D eigenvalue weighted by molar-refractivity contribution is 6.30. The maximum Gasteiger partial charge on any atom is 0.320 e. The average molecular weight is 313 g/mol. The van der Waals surface area contributed by atoms with Crippen LogP contribution in [0.2, 0.25) is 5.02 Å². The van der Waals surface area contributed by atoms with Crippen LogP contribution < -0.4 is 4.74 Å². The quantitative estimate of drug-likeness (QED) is 0.868. The van der Waals surface area contributed by atoms with Crippen molar-refractivity contribution >= 4 is 17.6 Å². The minimum Gasteiger partial charge on any atom is -0.492 e. The molecule has 1 aromatic carbocycles. The summed E-state index contributed by atoms with van der Waals surface area (Å²) in [5.74, 6) is 0.0621. The molecule has 1 fully saturated rings. The zero-order chi connectivity index (χ0) is 15.2. The van der Waals surface area contributed by atoms with E-state index in [4.69, 9.17) is 21.4 Å². The van der Waals surface area contributed by atoms with Crippen LogP contribution in [0.25, 0.3) is 0 Å². The average Bonchev–Trinajstić information content (AvgIpc) is 2.49. The van der Waals surface area contributed by atoms with Crippen LogP contribution in [-0.4, -0.2) is 66.2 Å². The lowest BCUT2D eigenvalue weighted by atomic mass is 10.2. The summed E-state index contributed by atoms with van der Waals surface area (Å²) >= 11 is 5.82. The molecule has 1 aliphatic heterocycles. The van der Waals surface area contributed by atoms with Crippen molar-refractivity contribution in [2.24, 2.45) is 0 Å². The third-order valence-corrected chi connectivity index (χ3v) is 4.05. The Kier molecular flexibility index (Phi) is 5.85. The molecule has 0 spiro atoms. The first-order chi connectivity index (χ1) is 10.1. The summed E-state index contributed by atoms with van der Waals surface area (Å²) in [6.45, 7) is 6.53. The molecule has 0 amide bonds. The zero-order valence-electron chi connectivity index (χ0n) is 12.2. The van der Waals surface area contributed by atoms with E-state index in [1.54, 1.807) is 6.92 Å². The van der Waals surface area contributed by atoms with Gasteiger partial charge in [0, 0.05) is 37.7 Å². The molecule has 0 saturated carbocycles. The first kappa shape index (κ1) is 16.1. The highest BCUT2D eigenvalue weighted by Crippen LogP contribution is 2.15. The van der Waals surface area contributed by atoms with Crippen molar-refractivity contribution < 1.29 is 14.6 Å². The van der Waals surface area contributed by atoms with Crippen molar-refractivity contribution in [3.63, 3.8) is 0 Å². The largest absolute Gasteiger partial charge is 0.492 e. The Morgan fingerprint density at radius 1 is 1.29 bits per heavy atom. The molecule has 0 radical (unpaired) electrons. The zero-order valence-corrected chi connectivity index (χ0v) is 12.9. The van der Waals surface area contributed by atoms with Gasteiger partial charge in [0.25, 0.3) is 0 Å². The van der Waals surface area contributed by atoms with E-state index in [1.807, 2.05) is 29.2 Å². The number of carboxylic acids is 1. The lowest BCUT2D eigenvalue weighted by Crippen LogP contribution is -2.52. The van der Waals surface area contributed by atoms with E-state index in [-0.39, 0.29) is 0 Å². The Labute approximate surface area is 130 Å². The number of piperazine rings is 1. The van der Waals surface area contributed by atoms with Gasteiger partial charge >= 0.3 is 5.97 Å². The molecule has 1 aromatic rings. The SMILES string of the molecule is CC(C(=O)O)N1CCN(CCOc2ccc(Cl)cc2)CC1. The minimum atomic E-state index is -0.755. The van der Waals surface area contributed by atoms with E-state index in [0.717, 1.165) is 38.5 Å². The fraction of sp³-hybridized carbons (Fsp3) is 0.533. The van der Waals surface area contributed by atoms with Gasteiger partial charge in [0.05, 0.1) is 0 Å². The number of halogens is 1. The molecule has 1 saturated heterocycles. The van der Waals surface area contributed by atoms with Crippen molar-refractivity contribution in [1.82, 2.24) is 9.80 Å². The second-order valence-corrected chi connectivity index (χ2v) is 5.63. The fourth-order valence-corrected chi connectivity index (χ4v) is 2.48. The van der Waals surface area contributed by atoms with Gasteiger partial charge in [-0.25, -0.2) is 0 Å². The van der Waals surface area contributed by atoms with Crippen molar-refractivity contribution in [3.8, 4) is 5.75 Å². The number of carboxylic acid groups (broad SMARTS) is 1. The molecule has 21 heavy (non-hydrogen) atoms. The predicted octanol–water partition coefficient (Wildman–Crippen LogP) is 1.81. The molecule has 1 unspecified atom stereocenters. The standard InChI is InChI=1S/C15H21ClN2O3/c1-12(15(19)20)18-8-6-17(7-9-18)10-11-21-14-4-2-13(16)3-5-14/h2-5,12H,6-11H2,1H3,(H,19,20). The number of hydrogen-bond acceptors (Lipinski definition) is 4. The number of aliphatic carboxylic acids is 1. The first-order valence-corrected chi connectivity index (χ1v) is 7.51. The van der Waals surface area contributed by atoms with Crippen LogP contribution in [0.1, 0.15) is 6.92 Å². The Morgan fingerprint density at radius 2 is 1.90 bits per heavy atom. The lowest BCUT2D eigenvalue weighted by molar-refractivity contribution is -0.143. The van der Waals surface area contributed by atoms with Gasteiger partial charge in [-0.2, -0.15) is 0 Å². The molecule has 1 atom stereocenters. The monoisotopic (exact) mass is 312 g/mol. The number of carbonyl (C=O) groups is 1. The maximum absolute atomic E-state index is 10.9. The van der Waals surface area contributed by atoms with Crippen LogP contribution in [-0.2, 0) is 4.79 Å². The maximum atomic E-state index is 10.9. The number of nitrogens with zero attached hydrogens (tertiary/aromatic N) is 2. The molecule has 2 rings (SSSR count). The van der Waals surface area contributed by atoms with Crippen molar-refractivity contribution in [3.05, 3.63) is 29.3 Å². The van der Waals surface area contributed by atoms with Gasteiger partial charge in [0.2, 0.25) is 0 Å². The molecule has 116 valence electrons. The molecule has 1 N–H and O–H groups in total. The summed E-state index contributed by atoms with van der Waals surface area (Å²) in [7, 11) is 0. The summed E-state index contributed by atoms with van der Waals surface area (Å²) < 4.78 is 5.67. The minimum absolute atomic E-state index is 0.405. The number of benzene rings is 1. The number of hydrogen-bond donors (Lipinski definition) is 1. The van der Waals surface area contributed by atoms with E-state index in [0.29, 0.717) is 11.6 Å². The van der Waals surface area contributed by atoms with E-state index < -0.39 is 12.0 Å². The molecule has 1 aliphatic rings. The third kappa shape index (κ3) is 4.88. The van der Waals surface area contributed by atoms with Crippen LogP contribution >= 0.6 is 11.6 Å².